The Morgan fingerprint density at radius 2 is 2.03 bits per heavy atom. The number of fused-ring (bicyclic) bond motifs is 1. The predicted octanol–water partition coefficient (Wildman–Crippen LogP) is 3.82. The molecule has 13 heteroatoms. The number of hydrogen-bond donors (Lipinski definition) is 0. The molecule has 37 heavy (non-hydrogen) atoms. The van der Waals surface area contributed by atoms with Gasteiger partial charge in [-0.1, -0.05) is 31.2 Å². The van der Waals surface area contributed by atoms with Crippen molar-refractivity contribution >= 4 is 41.0 Å². The second-order valence-electron chi connectivity index (χ2n) is 11.4. The van der Waals surface area contributed by atoms with E-state index < -0.39 is 22.7 Å². The van der Waals surface area contributed by atoms with E-state index in [0.29, 0.717) is 55.7 Å². The number of anilines is 1. The molecule has 1 aliphatic carbocycles. The summed E-state index contributed by atoms with van der Waals surface area (Å²) in [7, 11) is -4.59. The molecule has 202 valence electrons. The molecule has 0 aromatic carbocycles. The fourth-order valence-corrected chi connectivity index (χ4v) is 7.15. The van der Waals surface area contributed by atoms with E-state index in [-0.39, 0.29) is 12.8 Å². The Balaban J connectivity index is 1.60. The molecule has 10 nitrogen and oxygen atoms in total. The molecule has 0 bridgehead atoms. The summed E-state index contributed by atoms with van der Waals surface area (Å²) in [6.45, 7) is 11.8. The minimum atomic E-state index is -3.37. The average molecular weight is 567 g/mol. The van der Waals surface area contributed by atoms with Gasteiger partial charge in [-0.3, -0.25) is 0 Å². The number of nitrogens with zero attached hydrogens (tertiary/aromatic N) is 6. The van der Waals surface area contributed by atoms with Gasteiger partial charge in [0.1, 0.15) is 17.3 Å². The SMILES string of the molecule is CC1COCCN1c1cc(C2(S(C)(=O)=O)CC2)n2ncc(-c3cc(Cl)nn3COCC[Si](C)(C)C)c2n1. The molecule has 1 saturated heterocycles. The zero-order valence-electron chi connectivity index (χ0n) is 22.1. The van der Waals surface area contributed by atoms with Gasteiger partial charge in [-0.2, -0.15) is 10.2 Å². The van der Waals surface area contributed by atoms with Gasteiger partial charge in [0.25, 0.3) is 0 Å². The summed E-state index contributed by atoms with van der Waals surface area (Å²) in [4.78, 5) is 7.18. The second-order valence-corrected chi connectivity index (χ2v) is 19.7. The van der Waals surface area contributed by atoms with Gasteiger partial charge < -0.3 is 14.4 Å². The van der Waals surface area contributed by atoms with Crippen LogP contribution in [0.25, 0.3) is 16.9 Å². The molecule has 2 fully saturated rings. The number of hydrogen-bond acceptors (Lipinski definition) is 8. The van der Waals surface area contributed by atoms with Crippen LogP contribution in [0.2, 0.25) is 30.8 Å². The largest absolute Gasteiger partial charge is 0.377 e. The van der Waals surface area contributed by atoms with Gasteiger partial charge in [0.2, 0.25) is 0 Å². The molecule has 4 heterocycles. The van der Waals surface area contributed by atoms with Crippen LogP contribution in [0.4, 0.5) is 5.82 Å². The Morgan fingerprint density at radius 3 is 2.68 bits per heavy atom. The first-order chi connectivity index (χ1) is 17.4. The first-order valence-electron chi connectivity index (χ1n) is 12.6. The van der Waals surface area contributed by atoms with E-state index in [4.69, 9.17) is 26.1 Å². The molecular formula is C24H35ClN6O4SSi. The Kier molecular flexibility index (Phi) is 6.93. The molecule has 0 N–H and O–H groups in total. The van der Waals surface area contributed by atoms with Gasteiger partial charge in [0.05, 0.1) is 42.4 Å². The van der Waals surface area contributed by atoms with Gasteiger partial charge in [-0.05, 0) is 25.8 Å². The van der Waals surface area contributed by atoms with Gasteiger partial charge in [0.15, 0.2) is 20.6 Å². The lowest BCUT2D eigenvalue weighted by atomic mass is 10.2. The molecule has 1 saturated carbocycles. The van der Waals surface area contributed by atoms with E-state index in [1.54, 1.807) is 21.5 Å². The third-order valence-electron chi connectivity index (χ3n) is 7.24. The minimum Gasteiger partial charge on any atom is -0.377 e. The van der Waals surface area contributed by atoms with Crippen LogP contribution in [0.3, 0.4) is 0 Å². The fraction of sp³-hybridized carbons (Fsp3) is 0.625. The third kappa shape index (κ3) is 5.18. The number of rotatable bonds is 9. The van der Waals surface area contributed by atoms with Crippen molar-refractivity contribution in [1.82, 2.24) is 24.4 Å². The lowest BCUT2D eigenvalue weighted by Crippen LogP contribution is -2.44. The summed E-state index contributed by atoms with van der Waals surface area (Å²) in [5.74, 6) is 0.721. The lowest BCUT2D eigenvalue weighted by molar-refractivity contribution is 0.0798. The van der Waals surface area contributed by atoms with Crippen molar-refractivity contribution in [2.24, 2.45) is 0 Å². The van der Waals surface area contributed by atoms with Gasteiger partial charge in [-0.15, -0.1) is 0 Å². The summed E-state index contributed by atoms with van der Waals surface area (Å²) in [5.41, 5.74) is 2.66. The van der Waals surface area contributed by atoms with Crippen LogP contribution in [0.15, 0.2) is 18.3 Å². The minimum absolute atomic E-state index is 0.107. The highest BCUT2D eigenvalue weighted by molar-refractivity contribution is 7.92. The maximum Gasteiger partial charge on any atom is 0.167 e. The second kappa shape index (κ2) is 9.64. The van der Waals surface area contributed by atoms with Crippen molar-refractivity contribution < 1.29 is 17.9 Å². The number of aromatic nitrogens is 5. The number of halogens is 1. The van der Waals surface area contributed by atoms with Crippen molar-refractivity contribution in [2.45, 2.75) is 63.0 Å². The van der Waals surface area contributed by atoms with Crippen molar-refractivity contribution in [3.8, 4) is 11.3 Å². The maximum absolute atomic E-state index is 12.9. The summed E-state index contributed by atoms with van der Waals surface area (Å²) in [5, 5.41) is 9.41. The van der Waals surface area contributed by atoms with Crippen LogP contribution in [-0.4, -0.2) is 79.5 Å². The fourth-order valence-electron chi connectivity index (χ4n) is 4.83. The van der Waals surface area contributed by atoms with Crippen LogP contribution < -0.4 is 4.90 Å². The Bertz CT molecular complexity index is 1410. The van der Waals surface area contributed by atoms with Crippen molar-refractivity contribution in [3.63, 3.8) is 0 Å². The van der Waals surface area contributed by atoms with E-state index in [1.165, 1.54) is 6.26 Å². The Hall–Kier alpha value is -1.99. The topological polar surface area (TPSA) is 104 Å². The maximum atomic E-state index is 12.9. The molecule has 0 amide bonds. The number of morpholine rings is 1. The van der Waals surface area contributed by atoms with E-state index in [1.807, 2.05) is 6.07 Å². The highest BCUT2D eigenvalue weighted by Gasteiger charge is 2.56. The third-order valence-corrected chi connectivity index (χ3v) is 11.2. The van der Waals surface area contributed by atoms with Crippen LogP contribution >= 0.6 is 11.6 Å². The smallest absolute Gasteiger partial charge is 0.167 e. The van der Waals surface area contributed by atoms with Crippen LogP contribution in [0, 0.1) is 0 Å². The van der Waals surface area contributed by atoms with E-state index in [9.17, 15) is 8.42 Å². The van der Waals surface area contributed by atoms with Gasteiger partial charge >= 0.3 is 0 Å². The normalized spacial score (nSPS) is 20.1. The standard InChI is InChI=1S/C24H35ClN6O4SSi/c1-17-15-34-9-8-29(17)22-13-20(24(6-7-24)36(2,32)33)31-23(27-22)18(14-26-31)19-12-21(25)28-30(19)16-35-10-11-37(3,4)5/h12-14,17H,6-11,15-16H2,1-5H3. The van der Waals surface area contributed by atoms with Crippen molar-refractivity contribution in [2.75, 3.05) is 37.5 Å². The molecule has 0 radical (unpaired) electrons. The molecule has 1 unspecified atom stereocenters. The zero-order chi connectivity index (χ0) is 26.6. The molecule has 0 spiro atoms. The summed E-state index contributed by atoms with van der Waals surface area (Å²) < 4.78 is 39.9. The van der Waals surface area contributed by atoms with Crippen LogP contribution in [-0.2, 0) is 30.8 Å². The zero-order valence-corrected chi connectivity index (χ0v) is 24.6. The lowest BCUT2D eigenvalue weighted by Gasteiger charge is -2.34. The molecule has 3 aromatic heterocycles. The van der Waals surface area contributed by atoms with E-state index >= 15 is 0 Å². The highest BCUT2D eigenvalue weighted by Crippen LogP contribution is 2.53. The Morgan fingerprint density at radius 1 is 1.27 bits per heavy atom. The van der Waals surface area contributed by atoms with Crippen LogP contribution in [0.5, 0.6) is 0 Å². The average Bonchev–Trinajstić information content (AvgIpc) is 3.41. The number of sulfone groups is 1. The van der Waals surface area contributed by atoms with E-state index in [0.717, 1.165) is 23.1 Å². The Labute approximate surface area is 223 Å². The monoisotopic (exact) mass is 566 g/mol. The highest BCUT2D eigenvalue weighted by atomic mass is 35.5. The summed E-state index contributed by atoms with van der Waals surface area (Å²) in [6.07, 6.45) is 4.14. The molecular weight excluding hydrogens is 532 g/mol. The quantitative estimate of drug-likeness (QED) is 0.284. The summed E-state index contributed by atoms with van der Waals surface area (Å²) >= 11 is 6.34. The van der Waals surface area contributed by atoms with Crippen molar-refractivity contribution in [1.29, 1.82) is 0 Å². The predicted molar refractivity (Wildman–Crippen MR) is 147 cm³/mol. The molecule has 1 aliphatic heterocycles. The van der Waals surface area contributed by atoms with Gasteiger partial charge in [0, 0.05) is 39.6 Å². The van der Waals surface area contributed by atoms with E-state index in [2.05, 4.69) is 41.7 Å². The first-order valence-corrected chi connectivity index (χ1v) is 18.6. The van der Waals surface area contributed by atoms with Crippen LogP contribution in [0.1, 0.15) is 25.5 Å². The molecule has 5 rings (SSSR count). The molecule has 3 aromatic rings. The molecule has 2 aliphatic rings. The molecule has 1 atom stereocenters. The summed E-state index contributed by atoms with van der Waals surface area (Å²) in [6, 6.07) is 4.82. The van der Waals surface area contributed by atoms with Gasteiger partial charge in [-0.25, -0.2) is 22.6 Å². The first kappa shape index (κ1) is 26.6. The number of ether oxygens (including phenoxy) is 2. The van der Waals surface area contributed by atoms with Crippen molar-refractivity contribution in [3.05, 3.63) is 29.2 Å².